The molecule has 0 radical (unpaired) electrons. The Morgan fingerprint density at radius 3 is 2.76 bits per heavy atom. The monoisotopic (exact) mass is 430 g/mol. The third-order valence-corrected chi connectivity index (χ3v) is 7.37. The first-order chi connectivity index (χ1) is 13.9. The fraction of sp³-hybridized carbons (Fsp3) is 0.381. The van der Waals surface area contributed by atoms with E-state index in [0.29, 0.717) is 23.6 Å². The molecule has 4 rings (SSSR count). The summed E-state index contributed by atoms with van der Waals surface area (Å²) in [4.78, 5) is 32.4. The SMILES string of the molecule is CCc1c(C)sc2nc(SC3CCOC3=O)n(-c3ccc(OC)cc3C)c(=O)c12. The molecule has 1 atom stereocenters. The number of benzene rings is 1. The lowest BCUT2D eigenvalue weighted by Crippen LogP contribution is -2.24. The van der Waals surface area contributed by atoms with E-state index in [2.05, 4.69) is 0 Å². The Morgan fingerprint density at radius 1 is 1.34 bits per heavy atom. The lowest BCUT2D eigenvalue weighted by Gasteiger charge is -2.16. The van der Waals surface area contributed by atoms with Crippen molar-refractivity contribution in [3.05, 3.63) is 44.6 Å². The Kier molecular flexibility index (Phi) is 5.40. The molecule has 0 amide bonds. The number of ether oxygens (including phenoxy) is 2. The van der Waals surface area contributed by atoms with Gasteiger partial charge in [0.2, 0.25) is 0 Å². The summed E-state index contributed by atoms with van der Waals surface area (Å²) >= 11 is 2.83. The summed E-state index contributed by atoms with van der Waals surface area (Å²) in [6, 6.07) is 5.59. The number of thiophene rings is 1. The van der Waals surface area contributed by atoms with Gasteiger partial charge in [-0.3, -0.25) is 14.2 Å². The third kappa shape index (κ3) is 3.44. The second-order valence-corrected chi connectivity index (χ2v) is 9.29. The fourth-order valence-electron chi connectivity index (χ4n) is 3.63. The Hall–Kier alpha value is -2.32. The number of hydrogen-bond acceptors (Lipinski definition) is 7. The van der Waals surface area contributed by atoms with E-state index in [9.17, 15) is 9.59 Å². The molecule has 1 saturated heterocycles. The van der Waals surface area contributed by atoms with E-state index in [4.69, 9.17) is 14.5 Å². The van der Waals surface area contributed by atoms with Crippen LogP contribution in [0.4, 0.5) is 0 Å². The molecule has 1 aromatic carbocycles. The number of fused-ring (bicyclic) bond motifs is 1. The number of nitrogens with zero attached hydrogens (tertiary/aromatic N) is 2. The van der Waals surface area contributed by atoms with Gasteiger partial charge in [0.1, 0.15) is 15.8 Å². The van der Waals surface area contributed by atoms with Crippen LogP contribution in [0, 0.1) is 13.8 Å². The summed E-state index contributed by atoms with van der Waals surface area (Å²) in [6.45, 7) is 6.41. The first kappa shape index (κ1) is 20.0. The normalized spacial score (nSPS) is 16.4. The van der Waals surface area contributed by atoms with Crippen LogP contribution in [-0.4, -0.2) is 34.5 Å². The number of hydrogen-bond donors (Lipinski definition) is 0. The Balaban J connectivity index is 1.98. The maximum Gasteiger partial charge on any atom is 0.319 e. The first-order valence-corrected chi connectivity index (χ1v) is 11.2. The summed E-state index contributed by atoms with van der Waals surface area (Å²) in [6.07, 6.45) is 1.38. The van der Waals surface area contributed by atoms with E-state index in [1.165, 1.54) is 23.1 Å². The maximum atomic E-state index is 13.7. The van der Waals surface area contributed by atoms with Crippen LogP contribution in [0.2, 0.25) is 0 Å². The standard InChI is InChI=1S/C21H22N2O4S2/c1-5-14-12(3)28-18-17(14)19(24)23(15-7-6-13(26-4)10-11(15)2)21(22-18)29-16-8-9-27-20(16)25/h6-7,10,16H,5,8-9H2,1-4H3. The zero-order valence-electron chi connectivity index (χ0n) is 16.8. The van der Waals surface area contributed by atoms with E-state index in [0.717, 1.165) is 38.7 Å². The van der Waals surface area contributed by atoms with Gasteiger partial charge in [-0.2, -0.15) is 0 Å². The smallest absolute Gasteiger partial charge is 0.319 e. The number of esters is 1. The summed E-state index contributed by atoms with van der Waals surface area (Å²) in [5.41, 5.74) is 2.58. The van der Waals surface area contributed by atoms with E-state index in [-0.39, 0.29) is 16.8 Å². The van der Waals surface area contributed by atoms with Crippen molar-refractivity contribution in [3.8, 4) is 11.4 Å². The zero-order valence-corrected chi connectivity index (χ0v) is 18.4. The van der Waals surface area contributed by atoms with Crippen molar-refractivity contribution in [2.24, 2.45) is 0 Å². The quantitative estimate of drug-likeness (QED) is 0.449. The van der Waals surface area contributed by atoms with Crippen molar-refractivity contribution in [1.82, 2.24) is 9.55 Å². The van der Waals surface area contributed by atoms with E-state index in [1.807, 2.05) is 39.0 Å². The summed E-state index contributed by atoms with van der Waals surface area (Å²) in [7, 11) is 1.61. The minimum absolute atomic E-state index is 0.0988. The molecule has 1 aliphatic heterocycles. The fourth-order valence-corrected chi connectivity index (χ4v) is 5.86. The van der Waals surface area contributed by atoms with Crippen LogP contribution >= 0.6 is 23.1 Å². The largest absolute Gasteiger partial charge is 0.497 e. The van der Waals surface area contributed by atoms with Gasteiger partial charge in [-0.1, -0.05) is 18.7 Å². The van der Waals surface area contributed by atoms with Gasteiger partial charge >= 0.3 is 5.97 Å². The van der Waals surface area contributed by atoms with Gasteiger partial charge < -0.3 is 9.47 Å². The number of aromatic nitrogens is 2. The van der Waals surface area contributed by atoms with Crippen LogP contribution in [0.15, 0.2) is 28.2 Å². The summed E-state index contributed by atoms with van der Waals surface area (Å²) in [5.74, 6) is 0.474. The van der Waals surface area contributed by atoms with Crippen molar-refractivity contribution in [1.29, 1.82) is 0 Å². The molecule has 2 aromatic heterocycles. The van der Waals surface area contributed by atoms with Crippen LogP contribution in [0.3, 0.4) is 0 Å². The number of thioether (sulfide) groups is 1. The number of aryl methyl sites for hydroxylation is 3. The Morgan fingerprint density at radius 2 is 2.14 bits per heavy atom. The molecule has 0 aliphatic carbocycles. The zero-order chi connectivity index (χ0) is 20.7. The van der Waals surface area contributed by atoms with Crippen molar-refractivity contribution >= 4 is 39.3 Å². The minimum Gasteiger partial charge on any atom is -0.497 e. The van der Waals surface area contributed by atoms with E-state index >= 15 is 0 Å². The van der Waals surface area contributed by atoms with Gasteiger partial charge in [-0.15, -0.1) is 11.3 Å². The highest BCUT2D eigenvalue weighted by Crippen LogP contribution is 2.34. The topological polar surface area (TPSA) is 70.4 Å². The highest BCUT2D eigenvalue weighted by molar-refractivity contribution is 8.00. The van der Waals surface area contributed by atoms with Gasteiger partial charge in [0, 0.05) is 11.3 Å². The molecule has 0 N–H and O–H groups in total. The number of methoxy groups -OCH3 is 1. The van der Waals surface area contributed by atoms with E-state index in [1.54, 1.807) is 11.7 Å². The first-order valence-electron chi connectivity index (χ1n) is 9.48. The van der Waals surface area contributed by atoms with Crippen LogP contribution in [0.25, 0.3) is 15.9 Å². The maximum absolute atomic E-state index is 13.7. The summed E-state index contributed by atoms with van der Waals surface area (Å²) in [5, 5.41) is 0.836. The second-order valence-electron chi connectivity index (χ2n) is 6.92. The minimum atomic E-state index is -0.351. The van der Waals surface area contributed by atoms with Gasteiger partial charge in [0.05, 0.1) is 24.8 Å². The Labute approximate surface area is 176 Å². The molecule has 29 heavy (non-hydrogen) atoms. The molecule has 3 aromatic rings. The molecule has 3 heterocycles. The second kappa shape index (κ2) is 7.84. The van der Waals surface area contributed by atoms with Crippen molar-refractivity contribution in [2.75, 3.05) is 13.7 Å². The third-order valence-electron chi connectivity index (χ3n) is 5.13. The molecule has 1 aliphatic rings. The number of cyclic esters (lactones) is 1. The van der Waals surface area contributed by atoms with E-state index < -0.39 is 0 Å². The predicted octanol–water partition coefficient (Wildman–Crippen LogP) is 4.04. The van der Waals surface area contributed by atoms with Crippen molar-refractivity contribution < 1.29 is 14.3 Å². The molecular weight excluding hydrogens is 408 g/mol. The number of carbonyl (C=O) groups excluding carboxylic acids is 1. The van der Waals surface area contributed by atoms with Crippen LogP contribution in [0.5, 0.6) is 5.75 Å². The molecule has 1 unspecified atom stereocenters. The highest BCUT2D eigenvalue weighted by atomic mass is 32.2. The lowest BCUT2D eigenvalue weighted by atomic mass is 10.1. The lowest BCUT2D eigenvalue weighted by molar-refractivity contribution is -0.137. The van der Waals surface area contributed by atoms with Gasteiger partial charge in [-0.25, -0.2) is 4.98 Å². The molecule has 6 nitrogen and oxygen atoms in total. The highest BCUT2D eigenvalue weighted by Gasteiger charge is 2.30. The summed E-state index contributed by atoms with van der Waals surface area (Å²) < 4.78 is 12.1. The molecule has 0 saturated carbocycles. The molecule has 152 valence electrons. The van der Waals surface area contributed by atoms with Crippen LogP contribution in [0.1, 0.15) is 29.3 Å². The number of rotatable bonds is 5. The average Bonchev–Trinajstić information content (AvgIpc) is 3.24. The van der Waals surface area contributed by atoms with Gasteiger partial charge in [0.25, 0.3) is 5.56 Å². The van der Waals surface area contributed by atoms with Crippen LogP contribution in [-0.2, 0) is 16.0 Å². The molecule has 1 fully saturated rings. The molecular formula is C21H22N2O4S2. The molecule has 0 bridgehead atoms. The average molecular weight is 431 g/mol. The van der Waals surface area contributed by atoms with Crippen LogP contribution < -0.4 is 10.3 Å². The predicted molar refractivity (Wildman–Crippen MR) is 116 cm³/mol. The van der Waals surface area contributed by atoms with Gasteiger partial charge in [-0.05, 0) is 49.6 Å². The molecule has 0 spiro atoms. The van der Waals surface area contributed by atoms with Crippen molar-refractivity contribution in [3.63, 3.8) is 0 Å². The van der Waals surface area contributed by atoms with Crippen molar-refractivity contribution in [2.45, 2.75) is 44.0 Å². The Bertz CT molecular complexity index is 1170. The number of carbonyl (C=O) groups is 1. The molecule has 8 heteroatoms. The van der Waals surface area contributed by atoms with Gasteiger partial charge in [0.15, 0.2) is 5.16 Å².